The first-order valence-corrected chi connectivity index (χ1v) is 6.65. The van der Waals surface area contributed by atoms with E-state index < -0.39 is 5.97 Å². The second kappa shape index (κ2) is 6.85. The van der Waals surface area contributed by atoms with Crippen LogP contribution in [-0.4, -0.2) is 29.1 Å². The summed E-state index contributed by atoms with van der Waals surface area (Å²) in [6.45, 7) is 4.92. The molecule has 1 aromatic carbocycles. The molecule has 1 unspecified atom stereocenters. The number of benzene rings is 1. The van der Waals surface area contributed by atoms with Crippen LogP contribution in [0.1, 0.15) is 31.9 Å². The monoisotopic (exact) mass is 317 g/mol. The number of hydrogen-bond acceptors (Lipinski definition) is 2. The summed E-state index contributed by atoms with van der Waals surface area (Å²) in [6.07, 6.45) is 0.0633. The van der Waals surface area contributed by atoms with Gasteiger partial charge in [-0.05, 0) is 31.7 Å². The summed E-state index contributed by atoms with van der Waals surface area (Å²) < 4.78 is 14.6. The van der Waals surface area contributed by atoms with Crippen molar-refractivity contribution in [2.45, 2.75) is 26.3 Å². The highest BCUT2D eigenvalue weighted by atomic mass is 79.9. The van der Waals surface area contributed by atoms with Crippen molar-refractivity contribution >= 4 is 21.9 Å². The van der Waals surface area contributed by atoms with E-state index in [0.29, 0.717) is 18.7 Å². The lowest BCUT2D eigenvalue weighted by molar-refractivity contribution is -0.137. The number of carboxylic acids is 1. The minimum atomic E-state index is -0.838. The molecular formula is C13H17BrFNO2. The Bertz CT molecular complexity index is 425. The zero-order valence-electron chi connectivity index (χ0n) is 10.5. The molecule has 0 aliphatic carbocycles. The first-order chi connectivity index (χ1) is 8.45. The van der Waals surface area contributed by atoms with Crippen LogP contribution < -0.4 is 0 Å². The maximum atomic E-state index is 13.8. The lowest BCUT2D eigenvalue weighted by atomic mass is 10.1. The molecule has 5 heteroatoms. The number of nitrogens with zero attached hydrogens (tertiary/aromatic N) is 1. The average Bonchev–Trinajstić information content (AvgIpc) is 2.32. The van der Waals surface area contributed by atoms with Crippen LogP contribution in [0.2, 0.25) is 0 Å². The van der Waals surface area contributed by atoms with Crippen LogP contribution in [0.15, 0.2) is 22.7 Å². The molecule has 1 rings (SSSR count). The minimum absolute atomic E-state index is 0.0633. The number of halogens is 2. The molecule has 0 saturated carbocycles. The molecule has 0 amide bonds. The third-order valence-electron chi connectivity index (χ3n) is 2.97. The summed E-state index contributed by atoms with van der Waals surface area (Å²) in [5.41, 5.74) is 0.580. The highest BCUT2D eigenvalue weighted by molar-refractivity contribution is 9.10. The Labute approximate surface area is 115 Å². The predicted octanol–water partition coefficient (Wildman–Crippen LogP) is 3.45. The second-order valence-corrected chi connectivity index (χ2v) is 5.03. The fraction of sp³-hybridized carbons (Fsp3) is 0.462. The molecule has 0 saturated heterocycles. The van der Waals surface area contributed by atoms with Gasteiger partial charge in [0.25, 0.3) is 0 Å². The Morgan fingerprint density at radius 2 is 2.22 bits per heavy atom. The smallest absolute Gasteiger partial charge is 0.304 e. The molecule has 1 atom stereocenters. The lowest BCUT2D eigenvalue weighted by Gasteiger charge is -2.28. The molecule has 0 radical (unpaired) electrons. The van der Waals surface area contributed by atoms with Crippen molar-refractivity contribution in [2.24, 2.45) is 0 Å². The number of aliphatic carboxylic acids is 1. The number of carboxylic acid groups (broad SMARTS) is 1. The van der Waals surface area contributed by atoms with Crippen molar-refractivity contribution in [3.05, 3.63) is 34.1 Å². The van der Waals surface area contributed by atoms with Crippen molar-refractivity contribution in [2.75, 3.05) is 13.1 Å². The first kappa shape index (κ1) is 15.1. The van der Waals surface area contributed by atoms with Crippen LogP contribution >= 0.6 is 15.9 Å². The molecule has 3 nitrogen and oxygen atoms in total. The molecule has 0 aliphatic heterocycles. The van der Waals surface area contributed by atoms with Crippen molar-refractivity contribution in [3.63, 3.8) is 0 Å². The molecule has 100 valence electrons. The van der Waals surface area contributed by atoms with Gasteiger partial charge in [-0.2, -0.15) is 0 Å². The van der Waals surface area contributed by atoms with Gasteiger partial charge in [0.2, 0.25) is 0 Å². The highest BCUT2D eigenvalue weighted by Gasteiger charge is 2.18. The van der Waals surface area contributed by atoms with E-state index in [4.69, 9.17) is 5.11 Å². The molecule has 1 aromatic rings. The number of rotatable bonds is 6. The Hall–Kier alpha value is -0.940. The maximum absolute atomic E-state index is 13.8. The summed E-state index contributed by atoms with van der Waals surface area (Å²) >= 11 is 3.32. The predicted molar refractivity (Wildman–Crippen MR) is 72.0 cm³/mol. The van der Waals surface area contributed by atoms with Crippen molar-refractivity contribution < 1.29 is 14.3 Å². The quantitative estimate of drug-likeness (QED) is 0.873. The van der Waals surface area contributed by atoms with Gasteiger partial charge in [0, 0.05) is 22.6 Å². The van der Waals surface area contributed by atoms with Gasteiger partial charge >= 0.3 is 5.97 Å². The number of carbonyl (C=O) groups is 1. The van der Waals surface area contributed by atoms with Gasteiger partial charge in [-0.3, -0.25) is 9.69 Å². The molecule has 0 bridgehead atoms. The summed E-state index contributed by atoms with van der Waals surface area (Å²) in [5.74, 6) is -1.10. The molecule has 0 heterocycles. The zero-order chi connectivity index (χ0) is 13.7. The van der Waals surface area contributed by atoms with Crippen LogP contribution in [0, 0.1) is 5.82 Å². The zero-order valence-corrected chi connectivity index (χ0v) is 12.1. The summed E-state index contributed by atoms with van der Waals surface area (Å²) in [4.78, 5) is 12.5. The Morgan fingerprint density at radius 1 is 1.56 bits per heavy atom. The van der Waals surface area contributed by atoms with E-state index in [1.54, 1.807) is 12.1 Å². The third kappa shape index (κ3) is 4.07. The van der Waals surface area contributed by atoms with Crippen LogP contribution in [0.3, 0.4) is 0 Å². The van der Waals surface area contributed by atoms with Crippen LogP contribution in [0.4, 0.5) is 4.39 Å². The van der Waals surface area contributed by atoms with Crippen LogP contribution in [0.25, 0.3) is 0 Å². The SMILES string of the molecule is CCN(CCC(=O)O)C(C)c1cc(Br)ccc1F. The van der Waals surface area contributed by atoms with E-state index >= 15 is 0 Å². The van der Waals surface area contributed by atoms with Crippen molar-refractivity contribution in [3.8, 4) is 0 Å². The molecule has 0 fully saturated rings. The summed E-state index contributed by atoms with van der Waals surface area (Å²) in [6, 6.07) is 4.66. The third-order valence-corrected chi connectivity index (χ3v) is 3.47. The van der Waals surface area contributed by atoms with Gasteiger partial charge in [-0.1, -0.05) is 22.9 Å². The van der Waals surface area contributed by atoms with Gasteiger partial charge in [-0.15, -0.1) is 0 Å². The molecule has 0 aromatic heterocycles. The maximum Gasteiger partial charge on any atom is 0.304 e. The van der Waals surface area contributed by atoms with Crippen LogP contribution in [-0.2, 0) is 4.79 Å². The second-order valence-electron chi connectivity index (χ2n) is 4.11. The molecular weight excluding hydrogens is 301 g/mol. The van der Waals surface area contributed by atoms with Crippen molar-refractivity contribution in [1.82, 2.24) is 4.90 Å². The van der Waals surface area contributed by atoms with Gasteiger partial charge < -0.3 is 5.11 Å². The van der Waals surface area contributed by atoms with Crippen molar-refractivity contribution in [1.29, 1.82) is 0 Å². The van der Waals surface area contributed by atoms with E-state index in [9.17, 15) is 9.18 Å². The summed E-state index contributed by atoms with van der Waals surface area (Å²) in [5, 5.41) is 8.70. The van der Waals surface area contributed by atoms with Gasteiger partial charge in [0.05, 0.1) is 6.42 Å². The fourth-order valence-corrected chi connectivity index (χ4v) is 2.28. The Morgan fingerprint density at radius 3 is 2.78 bits per heavy atom. The van der Waals surface area contributed by atoms with E-state index in [1.165, 1.54) is 6.07 Å². The number of hydrogen-bond donors (Lipinski definition) is 1. The van der Waals surface area contributed by atoms with Crippen LogP contribution in [0.5, 0.6) is 0 Å². The normalized spacial score (nSPS) is 12.7. The van der Waals surface area contributed by atoms with E-state index in [1.807, 2.05) is 18.7 Å². The first-order valence-electron chi connectivity index (χ1n) is 5.86. The molecule has 0 aliphatic rings. The Kier molecular flexibility index (Phi) is 5.75. The highest BCUT2D eigenvalue weighted by Crippen LogP contribution is 2.26. The molecule has 18 heavy (non-hydrogen) atoms. The van der Waals surface area contributed by atoms with E-state index in [2.05, 4.69) is 15.9 Å². The average molecular weight is 318 g/mol. The Balaban J connectivity index is 2.85. The van der Waals surface area contributed by atoms with E-state index in [0.717, 1.165) is 4.47 Å². The van der Waals surface area contributed by atoms with Gasteiger partial charge in [-0.25, -0.2) is 4.39 Å². The van der Waals surface area contributed by atoms with Gasteiger partial charge in [0.15, 0.2) is 0 Å². The fourth-order valence-electron chi connectivity index (χ4n) is 1.90. The lowest BCUT2D eigenvalue weighted by Crippen LogP contribution is -2.29. The molecule has 1 N–H and O–H groups in total. The van der Waals surface area contributed by atoms with Gasteiger partial charge in [0.1, 0.15) is 5.82 Å². The topological polar surface area (TPSA) is 40.5 Å². The summed E-state index contributed by atoms with van der Waals surface area (Å²) in [7, 11) is 0. The largest absolute Gasteiger partial charge is 0.481 e. The standard InChI is InChI=1S/C13H17BrFNO2/c1-3-16(7-6-13(17)18)9(2)11-8-10(14)4-5-12(11)15/h4-5,8-9H,3,6-7H2,1-2H3,(H,17,18). The van der Waals surface area contributed by atoms with E-state index in [-0.39, 0.29) is 18.3 Å². The molecule has 0 spiro atoms. The minimum Gasteiger partial charge on any atom is -0.481 e.